The Morgan fingerprint density at radius 2 is 1.91 bits per heavy atom. The van der Waals surface area contributed by atoms with Crippen LogP contribution < -0.4 is 5.32 Å². The monoisotopic (exact) mass is 303 g/mol. The molecule has 1 aliphatic carbocycles. The van der Waals surface area contributed by atoms with E-state index in [0.29, 0.717) is 18.9 Å². The molecular weight excluding hydrogens is 274 g/mol. The first kappa shape index (κ1) is 17.0. The predicted molar refractivity (Wildman–Crippen MR) is 89.6 cm³/mol. The smallest absolute Gasteiger partial charge is 0.225 e. The number of nitrogens with one attached hydrogen (secondary N) is 1. The van der Waals surface area contributed by atoms with Crippen LogP contribution in [0.1, 0.15) is 57.4 Å². The molecule has 0 spiro atoms. The van der Waals surface area contributed by atoms with Gasteiger partial charge in [-0.3, -0.25) is 4.79 Å². The Morgan fingerprint density at radius 3 is 2.50 bits per heavy atom. The van der Waals surface area contributed by atoms with E-state index in [1.165, 1.54) is 31.2 Å². The van der Waals surface area contributed by atoms with E-state index < -0.39 is 0 Å². The van der Waals surface area contributed by atoms with Gasteiger partial charge in [0.05, 0.1) is 0 Å². The van der Waals surface area contributed by atoms with Gasteiger partial charge in [-0.05, 0) is 30.7 Å². The van der Waals surface area contributed by atoms with Crippen molar-refractivity contribution in [2.24, 2.45) is 11.3 Å². The molecular formula is C19H29NO2. The van der Waals surface area contributed by atoms with E-state index in [9.17, 15) is 9.90 Å². The molecule has 3 heteroatoms. The Hall–Kier alpha value is -1.35. The molecule has 122 valence electrons. The van der Waals surface area contributed by atoms with Crippen LogP contribution in [-0.4, -0.2) is 24.2 Å². The van der Waals surface area contributed by atoms with Crippen molar-refractivity contribution in [3.05, 3.63) is 35.9 Å². The number of carbonyl (C=O) groups excluding carboxylic acids is 1. The number of benzene rings is 1. The summed E-state index contributed by atoms with van der Waals surface area (Å²) in [6.07, 6.45) is 5.50. The number of hydrogen-bond acceptors (Lipinski definition) is 2. The van der Waals surface area contributed by atoms with E-state index in [1.807, 2.05) is 18.2 Å². The predicted octanol–water partition coefficient (Wildman–Crippen LogP) is 3.49. The van der Waals surface area contributed by atoms with Crippen molar-refractivity contribution >= 4 is 5.91 Å². The van der Waals surface area contributed by atoms with Gasteiger partial charge in [-0.25, -0.2) is 0 Å². The van der Waals surface area contributed by atoms with Crippen LogP contribution in [0.5, 0.6) is 0 Å². The molecule has 0 radical (unpaired) electrons. The van der Waals surface area contributed by atoms with E-state index in [4.69, 9.17) is 0 Å². The topological polar surface area (TPSA) is 49.3 Å². The first-order valence-corrected chi connectivity index (χ1v) is 8.49. The number of aliphatic hydroxyl groups excluding tert-OH is 1. The molecule has 1 aliphatic rings. The molecule has 2 rings (SSSR count). The second-order valence-electron chi connectivity index (χ2n) is 7.03. The summed E-state index contributed by atoms with van der Waals surface area (Å²) in [4.78, 5) is 12.6. The zero-order valence-corrected chi connectivity index (χ0v) is 13.8. The lowest BCUT2D eigenvalue weighted by Gasteiger charge is -2.31. The van der Waals surface area contributed by atoms with Gasteiger partial charge in [-0.1, -0.05) is 57.0 Å². The van der Waals surface area contributed by atoms with Gasteiger partial charge in [0.1, 0.15) is 0 Å². The van der Waals surface area contributed by atoms with E-state index in [-0.39, 0.29) is 23.8 Å². The third-order valence-corrected chi connectivity index (χ3v) is 5.22. The molecule has 0 heterocycles. The van der Waals surface area contributed by atoms with Gasteiger partial charge in [-0.2, -0.15) is 0 Å². The van der Waals surface area contributed by atoms with Crippen molar-refractivity contribution in [2.45, 2.75) is 51.9 Å². The molecule has 1 fully saturated rings. The van der Waals surface area contributed by atoms with Crippen molar-refractivity contribution in [1.29, 1.82) is 0 Å². The molecule has 2 N–H and O–H groups in total. The summed E-state index contributed by atoms with van der Waals surface area (Å²) < 4.78 is 0. The largest absolute Gasteiger partial charge is 0.396 e. The third-order valence-electron chi connectivity index (χ3n) is 5.22. The molecule has 0 bridgehead atoms. The lowest BCUT2D eigenvalue weighted by atomic mass is 9.77. The van der Waals surface area contributed by atoms with Crippen molar-refractivity contribution in [3.8, 4) is 0 Å². The SMILES string of the molecule is CC(C)(C(=O)NCC(CCO)c1ccccc1)C1CCCC1. The minimum atomic E-state index is -0.295. The molecule has 3 nitrogen and oxygen atoms in total. The fourth-order valence-corrected chi connectivity index (χ4v) is 3.54. The maximum absolute atomic E-state index is 12.6. The van der Waals surface area contributed by atoms with Crippen LogP contribution in [0, 0.1) is 11.3 Å². The van der Waals surface area contributed by atoms with Gasteiger partial charge in [0.2, 0.25) is 5.91 Å². The van der Waals surface area contributed by atoms with E-state index in [1.54, 1.807) is 0 Å². The Labute approximate surface area is 134 Å². The average molecular weight is 303 g/mol. The minimum absolute atomic E-state index is 0.140. The molecule has 1 aromatic carbocycles. The number of carbonyl (C=O) groups is 1. The highest BCUT2D eigenvalue weighted by Crippen LogP contribution is 2.39. The first-order valence-electron chi connectivity index (χ1n) is 8.49. The van der Waals surface area contributed by atoms with Gasteiger partial charge < -0.3 is 10.4 Å². The summed E-state index contributed by atoms with van der Waals surface area (Å²) in [6.45, 7) is 4.88. The van der Waals surface area contributed by atoms with Gasteiger partial charge in [0.25, 0.3) is 0 Å². The Bertz CT molecular complexity index is 464. The summed E-state index contributed by atoms with van der Waals surface area (Å²) in [5.74, 6) is 0.827. The van der Waals surface area contributed by atoms with Crippen LogP contribution in [0.2, 0.25) is 0 Å². The van der Waals surface area contributed by atoms with Gasteiger partial charge >= 0.3 is 0 Å². The van der Waals surface area contributed by atoms with Crippen molar-refractivity contribution in [2.75, 3.05) is 13.2 Å². The van der Waals surface area contributed by atoms with Crippen molar-refractivity contribution in [3.63, 3.8) is 0 Å². The van der Waals surface area contributed by atoms with Crippen molar-refractivity contribution in [1.82, 2.24) is 5.32 Å². The standard InChI is InChI=1S/C19H29NO2/c1-19(2,17-10-6-7-11-17)18(22)20-14-16(12-13-21)15-8-4-3-5-9-15/h3-5,8-9,16-17,21H,6-7,10-14H2,1-2H3,(H,20,22). The molecule has 0 aliphatic heterocycles. The first-order chi connectivity index (χ1) is 10.6. The summed E-state index contributed by atoms with van der Waals surface area (Å²) in [7, 11) is 0. The van der Waals surface area contributed by atoms with Crippen molar-refractivity contribution < 1.29 is 9.90 Å². The van der Waals surface area contributed by atoms with Crippen LogP contribution >= 0.6 is 0 Å². The fraction of sp³-hybridized carbons (Fsp3) is 0.632. The summed E-state index contributed by atoms with van der Waals surface area (Å²) in [6, 6.07) is 10.1. The Balaban J connectivity index is 1.95. The van der Waals surface area contributed by atoms with Crippen LogP contribution in [0.15, 0.2) is 30.3 Å². The van der Waals surface area contributed by atoms with E-state index in [0.717, 1.165) is 0 Å². The van der Waals surface area contributed by atoms with Crippen LogP contribution in [0.4, 0.5) is 0 Å². The molecule has 1 amide bonds. The molecule has 1 atom stereocenters. The maximum atomic E-state index is 12.6. The average Bonchev–Trinajstić information content (AvgIpc) is 3.07. The lowest BCUT2D eigenvalue weighted by molar-refractivity contribution is -0.132. The zero-order valence-electron chi connectivity index (χ0n) is 13.8. The second kappa shape index (κ2) is 7.77. The van der Waals surface area contributed by atoms with Gasteiger partial charge in [0, 0.05) is 24.5 Å². The number of aliphatic hydroxyl groups is 1. The highest BCUT2D eigenvalue weighted by Gasteiger charge is 2.38. The number of hydrogen-bond donors (Lipinski definition) is 2. The molecule has 0 aromatic heterocycles. The van der Waals surface area contributed by atoms with Gasteiger partial charge in [0.15, 0.2) is 0 Å². The lowest BCUT2D eigenvalue weighted by Crippen LogP contribution is -2.42. The highest BCUT2D eigenvalue weighted by atomic mass is 16.3. The zero-order chi connectivity index (χ0) is 16.0. The molecule has 0 saturated heterocycles. The minimum Gasteiger partial charge on any atom is -0.396 e. The fourth-order valence-electron chi connectivity index (χ4n) is 3.54. The molecule has 1 saturated carbocycles. The Kier molecular flexibility index (Phi) is 6.01. The molecule has 1 unspecified atom stereocenters. The third kappa shape index (κ3) is 4.10. The van der Waals surface area contributed by atoms with Crippen LogP contribution in [0.3, 0.4) is 0 Å². The second-order valence-corrected chi connectivity index (χ2v) is 7.03. The molecule has 1 aromatic rings. The quantitative estimate of drug-likeness (QED) is 0.810. The van der Waals surface area contributed by atoms with Crippen LogP contribution in [0.25, 0.3) is 0 Å². The maximum Gasteiger partial charge on any atom is 0.225 e. The number of amides is 1. The summed E-state index contributed by atoms with van der Waals surface area (Å²) in [5, 5.41) is 12.4. The van der Waals surface area contributed by atoms with Crippen LogP contribution in [-0.2, 0) is 4.79 Å². The highest BCUT2D eigenvalue weighted by molar-refractivity contribution is 5.82. The summed E-state index contributed by atoms with van der Waals surface area (Å²) >= 11 is 0. The normalized spacial score (nSPS) is 17.4. The number of rotatable bonds is 7. The Morgan fingerprint density at radius 1 is 1.27 bits per heavy atom. The van der Waals surface area contributed by atoms with E-state index in [2.05, 4.69) is 31.3 Å². The summed E-state index contributed by atoms with van der Waals surface area (Å²) in [5.41, 5.74) is 0.882. The molecule has 22 heavy (non-hydrogen) atoms. The van der Waals surface area contributed by atoms with E-state index >= 15 is 0 Å². The van der Waals surface area contributed by atoms with Gasteiger partial charge in [-0.15, -0.1) is 0 Å².